The first-order chi connectivity index (χ1) is 12.9. The van der Waals surface area contributed by atoms with Crippen molar-refractivity contribution < 1.29 is 4.39 Å². The van der Waals surface area contributed by atoms with Crippen LogP contribution in [-0.4, -0.2) is 20.3 Å². The normalized spacial score (nSPS) is 11.0. The molecule has 2 heterocycles. The van der Waals surface area contributed by atoms with Crippen molar-refractivity contribution in [2.75, 3.05) is 15.8 Å². The van der Waals surface area contributed by atoms with Gasteiger partial charge in [0.1, 0.15) is 5.02 Å². The summed E-state index contributed by atoms with van der Waals surface area (Å²) in [6, 6.07) is 3.47. The van der Waals surface area contributed by atoms with Crippen LogP contribution in [0.15, 0.2) is 29.5 Å². The van der Waals surface area contributed by atoms with Crippen LogP contribution in [0.25, 0.3) is 10.9 Å². The zero-order chi connectivity index (χ0) is 19.6. The number of hydrogen-bond donors (Lipinski definition) is 2. The number of nitrogens with zero attached hydrogens (tertiary/aromatic N) is 3. The molecular weight excluding hydrogens is 389 g/mol. The smallest absolute Gasteiger partial charge is 0.261 e. The molecule has 0 atom stereocenters. The number of pyridine rings is 1. The molecule has 0 saturated carbocycles. The topological polar surface area (TPSA) is 71.8 Å². The van der Waals surface area contributed by atoms with Crippen LogP contribution in [0.1, 0.15) is 18.9 Å². The maximum atomic E-state index is 14.4. The Morgan fingerprint density at radius 2 is 2.11 bits per heavy atom. The predicted octanol–water partition coefficient (Wildman–Crippen LogP) is 4.64. The SMILES string of the molecule is CCCSNc1ncc(F)c(Nc2ccc3ncn(C)c(=O)c3c2C)c1Cl. The van der Waals surface area contributed by atoms with E-state index in [1.54, 1.807) is 26.1 Å². The van der Waals surface area contributed by atoms with E-state index < -0.39 is 5.82 Å². The summed E-state index contributed by atoms with van der Waals surface area (Å²) < 4.78 is 18.8. The molecule has 0 aliphatic heterocycles. The lowest BCUT2D eigenvalue weighted by Gasteiger charge is -2.15. The molecular formula is C18H19ClFN5OS. The second-order valence-corrected chi connectivity index (χ2v) is 7.29. The van der Waals surface area contributed by atoms with Crippen molar-refractivity contribution in [3.63, 3.8) is 0 Å². The second kappa shape index (κ2) is 8.14. The van der Waals surface area contributed by atoms with Gasteiger partial charge in [-0.2, -0.15) is 0 Å². The van der Waals surface area contributed by atoms with Gasteiger partial charge in [-0.05, 0) is 31.0 Å². The van der Waals surface area contributed by atoms with Crippen LogP contribution in [0, 0.1) is 12.7 Å². The quantitative estimate of drug-likeness (QED) is 0.458. The van der Waals surface area contributed by atoms with Crippen molar-refractivity contribution in [3.05, 3.63) is 51.4 Å². The van der Waals surface area contributed by atoms with Crippen molar-refractivity contribution in [1.82, 2.24) is 14.5 Å². The van der Waals surface area contributed by atoms with Gasteiger partial charge < -0.3 is 14.6 Å². The molecule has 9 heteroatoms. The highest BCUT2D eigenvalue weighted by Crippen LogP contribution is 2.35. The first-order valence-corrected chi connectivity index (χ1v) is 9.74. The summed E-state index contributed by atoms with van der Waals surface area (Å²) >= 11 is 7.80. The molecule has 0 amide bonds. The maximum Gasteiger partial charge on any atom is 0.261 e. The lowest BCUT2D eigenvalue weighted by atomic mass is 10.1. The minimum atomic E-state index is -0.579. The molecule has 2 N–H and O–H groups in total. The molecule has 0 fully saturated rings. The van der Waals surface area contributed by atoms with E-state index in [0.717, 1.165) is 18.4 Å². The number of anilines is 3. The number of aromatic nitrogens is 3. The van der Waals surface area contributed by atoms with Gasteiger partial charge in [0, 0.05) is 18.5 Å². The summed E-state index contributed by atoms with van der Waals surface area (Å²) in [6.45, 7) is 3.85. The standard InChI is InChI=1S/C18H19ClFN5OS/c1-4-7-27-24-17-15(19)16(11(20)8-21-17)23-12-5-6-13-14(10(12)2)18(26)25(3)9-22-13/h5-6,8-9H,4,7H2,1-3H3,(H2,21,23,24). The summed E-state index contributed by atoms with van der Waals surface area (Å²) in [5.74, 6) is 0.678. The van der Waals surface area contributed by atoms with Crippen molar-refractivity contribution in [2.24, 2.45) is 7.05 Å². The average Bonchev–Trinajstić information content (AvgIpc) is 2.65. The summed E-state index contributed by atoms with van der Waals surface area (Å²) in [6.07, 6.45) is 3.57. The number of aryl methyl sites for hydroxylation is 2. The fourth-order valence-electron chi connectivity index (χ4n) is 2.60. The highest BCUT2D eigenvalue weighted by molar-refractivity contribution is 8.00. The van der Waals surface area contributed by atoms with Crippen molar-refractivity contribution in [3.8, 4) is 0 Å². The van der Waals surface area contributed by atoms with E-state index in [0.29, 0.717) is 28.0 Å². The van der Waals surface area contributed by atoms with Crippen molar-refractivity contribution in [1.29, 1.82) is 0 Å². The highest BCUT2D eigenvalue weighted by Gasteiger charge is 2.16. The Kier molecular flexibility index (Phi) is 5.86. The molecule has 142 valence electrons. The van der Waals surface area contributed by atoms with Gasteiger partial charge in [0.25, 0.3) is 5.56 Å². The Balaban J connectivity index is 2.02. The van der Waals surface area contributed by atoms with E-state index in [4.69, 9.17) is 11.6 Å². The van der Waals surface area contributed by atoms with Crippen LogP contribution in [0.5, 0.6) is 0 Å². The fourth-order valence-corrected chi connectivity index (χ4v) is 3.48. The van der Waals surface area contributed by atoms with Crippen LogP contribution >= 0.6 is 23.5 Å². The number of hydrogen-bond acceptors (Lipinski definition) is 6. The molecule has 2 aromatic heterocycles. The fraction of sp³-hybridized carbons (Fsp3) is 0.278. The van der Waals surface area contributed by atoms with Gasteiger partial charge in [-0.15, -0.1) is 0 Å². The van der Waals surface area contributed by atoms with Crippen LogP contribution in [-0.2, 0) is 7.05 Å². The van der Waals surface area contributed by atoms with E-state index in [1.807, 2.05) is 0 Å². The van der Waals surface area contributed by atoms with Gasteiger partial charge in [0.05, 0.1) is 29.1 Å². The predicted molar refractivity (Wildman–Crippen MR) is 111 cm³/mol. The summed E-state index contributed by atoms with van der Waals surface area (Å²) in [4.78, 5) is 20.7. The van der Waals surface area contributed by atoms with Gasteiger partial charge in [0.2, 0.25) is 0 Å². The molecule has 0 aliphatic carbocycles. The third-order valence-corrected chi connectivity index (χ3v) is 5.37. The number of rotatable bonds is 6. The van der Waals surface area contributed by atoms with Crippen LogP contribution < -0.4 is 15.6 Å². The van der Waals surface area contributed by atoms with E-state index in [9.17, 15) is 9.18 Å². The van der Waals surface area contributed by atoms with Crippen molar-refractivity contribution in [2.45, 2.75) is 20.3 Å². The van der Waals surface area contributed by atoms with Gasteiger partial charge in [-0.1, -0.05) is 30.5 Å². The minimum Gasteiger partial charge on any atom is -0.352 e. The average molecular weight is 408 g/mol. The van der Waals surface area contributed by atoms with Gasteiger partial charge in [-0.3, -0.25) is 4.79 Å². The largest absolute Gasteiger partial charge is 0.352 e. The first-order valence-electron chi connectivity index (χ1n) is 8.37. The molecule has 3 rings (SSSR count). The number of halogens is 2. The minimum absolute atomic E-state index is 0.106. The molecule has 0 saturated heterocycles. The Bertz CT molecular complexity index is 1060. The van der Waals surface area contributed by atoms with E-state index in [1.165, 1.54) is 22.8 Å². The zero-order valence-electron chi connectivity index (χ0n) is 15.1. The van der Waals surface area contributed by atoms with E-state index in [-0.39, 0.29) is 16.3 Å². The lowest BCUT2D eigenvalue weighted by Crippen LogP contribution is -2.18. The molecule has 0 radical (unpaired) electrons. The third kappa shape index (κ3) is 3.86. The molecule has 0 bridgehead atoms. The Hall–Kier alpha value is -2.32. The molecule has 0 spiro atoms. The Morgan fingerprint density at radius 1 is 1.33 bits per heavy atom. The molecule has 27 heavy (non-hydrogen) atoms. The molecule has 6 nitrogen and oxygen atoms in total. The molecule has 1 aromatic carbocycles. The number of nitrogens with one attached hydrogen (secondary N) is 2. The van der Waals surface area contributed by atoms with Crippen LogP contribution in [0.3, 0.4) is 0 Å². The Morgan fingerprint density at radius 3 is 2.85 bits per heavy atom. The van der Waals surface area contributed by atoms with E-state index in [2.05, 4.69) is 26.9 Å². The van der Waals surface area contributed by atoms with Crippen LogP contribution in [0.4, 0.5) is 21.6 Å². The summed E-state index contributed by atoms with van der Waals surface area (Å²) in [5.41, 5.74) is 1.77. The summed E-state index contributed by atoms with van der Waals surface area (Å²) in [5, 5.41) is 3.64. The first kappa shape index (κ1) is 19.4. The molecule has 3 aromatic rings. The van der Waals surface area contributed by atoms with Gasteiger partial charge >= 0.3 is 0 Å². The molecule has 0 aliphatic rings. The van der Waals surface area contributed by atoms with Gasteiger partial charge in [0.15, 0.2) is 11.6 Å². The van der Waals surface area contributed by atoms with Gasteiger partial charge in [-0.25, -0.2) is 14.4 Å². The summed E-state index contributed by atoms with van der Waals surface area (Å²) in [7, 11) is 1.64. The monoisotopic (exact) mass is 407 g/mol. The lowest BCUT2D eigenvalue weighted by molar-refractivity contribution is 0.626. The van der Waals surface area contributed by atoms with Crippen LogP contribution in [0.2, 0.25) is 5.02 Å². The number of fused-ring (bicyclic) bond motifs is 1. The number of benzene rings is 1. The maximum absolute atomic E-state index is 14.4. The van der Waals surface area contributed by atoms with Crippen molar-refractivity contribution >= 4 is 51.6 Å². The zero-order valence-corrected chi connectivity index (χ0v) is 16.7. The molecule has 0 unspecified atom stereocenters. The van der Waals surface area contributed by atoms with E-state index >= 15 is 0 Å². The Labute approximate surface area is 165 Å². The second-order valence-electron chi connectivity index (χ2n) is 6.01. The highest BCUT2D eigenvalue weighted by atomic mass is 35.5. The third-order valence-electron chi connectivity index (χ3n) is 4.06.